The van der Waals surface area contributed by atoms with E-state index in [9.17, 15) is 10.1 Å². The average molecular weight is 285 g/mol. The summed E-state index contributed by atoms with van der Waals surface area (Å²) in [6, 6.07) is 10.9. The van der Waals surface area contributed by atoms with Gasteiger partial charge in [-0.15, -0.1) is 0 Å². The van der Waals surface area contributed by atoms with Gasteiger partial charge in [0.05, 0.1) is 0 Å². The molecule has 0 spiro atoms. The molecule has 1 fully saturated rings. The van der Waals surface area contributed by atoms with Crippen molar-refractivity contribution in [2.75, 3.05) is 38.5 Å². The molecule has 6 nitrogen and oxygen atoms in total. The highest BCUT2D eigenvalue weighted by Crippen LogP contribution is 2.12. The van der Waals surface area contributed by atoms with Crippen LogP contribution in [-0.4, -0.2) is 48.9 Å². The normalized spacial score (nSPS) is 16.9. The fourth-order valence-corrected chi connectivity index (χ4v) is 2.14. The van der Waals surface area contributed by atoms with E-state index in [1.165, 1.54) is 0 Å². The Hall–Kier alpha value is -2.52. The molecule has 110 valence electrons. The van der Waals surface area contributed by atoms with E-state index in [-0.39, 0.29) is 11.4 Å². The predicted octanol–water partition coefficient (Wildman–Crippen LogP) is 0.566. The molecule has 1 aliphatic rings. The van der Waals surface area contributed by atoms with Crippen LogP contribution in [-0.2, 0) is 4.79 Å². The number of anilines is 1. The maximum atomic E-state index is 12.2. The number of hydrogen-bond donors (Lipinski definition) is 2. The standard InChI is InChI=1S/C15H19N5O/c1-19-7-9-20(10-8-19)14(17)13(11-16)15(21)18-12-5-3-2-4-6-12/h2-6H,7-10,17H2,1H3,(H,18,21)/b14-13+. The van der Waals surface area contributed by atoms with Gasteiger partial charge in [0.25, 0.3) is 5.91 Å². The SMILES string of the molecule is CN1CCN(/C(N)=C(\C#N)C(=O)Nc2ccccc2)CC1. The van der Waals surface area contributed by atoms with Crippen LogP contribution in [0.1, 0.15) is 0 Å². The van der Waals surface area contributed by atoms with Crippen LogP contribution in [0, 0.1) is 11.3 Å². The number of nitrogens with one attached hydrogen (secondary N) is 1. The van der Waals surface area contributed by atoms with Crippen LogP contribution in [0.2, 0.25) is 0 Å². The third-order valence-corrected chi connectivity index (χ3v) is 3.47. The zero-order chi connectivity index (χ0) is 15.2. The molecule has 1 saturated heterocycles. The van der Waals surface area contributed by atoms with Gasteiger partial charge in [0.2, 0.25) is 0 Å². The van der Waals surface area contributed by atoms with Crippen LogP contribution in [0.5, 0.6) is 0 Å². The van der Waals surface area contributed by atoms with Gasteiger partial charge in [-0.3, -0.25) is 4.79 Å². The number of carbonyl (C=O) groups excluding carboxylic acids is 1. The van der Waals surface area contributed by atoms with E-state index in [1.54, 1.807) is 12.1 Å². The molecule has 21 heavy (non-hydrogen) atoms. The summed E-state index contributed by atoms with van der Waals surface area (Å²) in [7, 11) is 2.03. The number of nitrogens with two attached hydrogens (primary N) is 1. The summed E-state index contributed by atoms with van der Waals surface area (Å²) in [5.41, 5.74) is 6.61. The minimum atomic E-state index is -0.472. The summed E-state index contributed by atoms with van der Waals surface area (Å²) in [6.45, 7) is 3.15. The topological polar surface area (TPSA) is 85.4 Å². The minimum Gasteiger partial charge on any atom is -0.384 e. The Kier molecular flexibility index (Phi) is 4.80. The Balaban J connectivity index is 2.12. The van der Waals surface area contributed by atoms with Crippen LogP contribution in [0.3, 0.4) is 0 Å². The van der Waals surface area contributed by atoms with Gasteiger partial charge in [-0.2, -0.15) is 5.26 Å². The van der Waals surface area contributed by atoms with E-state index in [0.29, 0.717) is 18.8 Å². The molecular formula is C15H19N5O. The van der Waals surface area contributed by atoms with E-state index < -0.39 is 5.91 Å². The highest BCUT2D eigenvalue weighted by atomic mass is 16.1. The molecule has 1 aromatic carbocycles. The highest BCUT2D eigenvalue weighted by molar-refractivity contribution is 6.06. The van der Waals surface area contributed by atoms with Crippen molar-refractivity contribution in [3.8, 4) is 6.07 Å². The van der Waals surface area contributed by atoms with Crippen LogP contribution < -0.4 is 11.1 Å². The number of likely N-dealkylation sites (N-methyl/N-ethyl adjacent to an activating group) is 1. The van der Waals surface area contributed by atoms with Crippen molar-refractivity contribution in [2.24, 2.45) is 5.73 Å². The third-order valence-electron chi connectivity index (χ3n) is 3.47. The number of nitriles is 1. The second-order valence-electron chi connectivity index (χ2n) is 4.98. The van der Waals surface area contributed by atoms with E-state index in [2.05, 4.69) is 10.2 Å². The molecule has 0 radical (unpaired) electrons. The number of benzene rings is 1. The van der Waals surface area contributed by atoms with Crippen molar-refractivity contribution in [1.29, 1.82) is 5.26 Å². The second-order valence-corrected chi connectivity index (χ2v) is 4.98. The van der Waals surface area contributed by atoms with Crippen molar-refractivity contribution in [1.82, 2.24) is 9.80 Å². The molecule has 1 aliphatic heterocycles. The summed E-state index contributed by atoms with van der Waals surface area (Å²) in [4.78, 5) is 16.2. The Labute approximate surface area is 124 Å². The lowest BCUT2D eigenvalue weighted by Gasteiger charge is -2.34. The van der Waals surface area contributed by atoms with Crippen LogP contribution >= 0.6 is 0 Å². The number of hydrogen-bond acceptors (Lipinski definition) is 5. The van der Waals surface area contributed by atoms with Crippen LogP contribution in [0.4, 0.5) is 5.69 Å². The van der Waals surface area contributed by atoms with Crippen molar-refractivity contribution < 1.29 is 4.79 Å². The van der Waals surface area contributed by atoms with Crippen molar-refractivity contribution >= 4 is 11.6 Å². The Morgan fingerprint density at radius 1 is 1.24 bits per heavy atom. The van der Waals surface area contributed by atoms with E-state index in [1.807, 2.05) is 36.2 Å². The number of para-hydroxylation sites is 1. The lowest BCUT2D eigenvalue weighted by Crippen LogP contribution is -2.46. The molecule has 6 heteroatoms. The zero-order valence-electron chi connectivity index (χ0n) is 12.0. The molecule has 1 heterocycles. The predicted molar refractivity (Wildman–Crippen MR) is 81.0 cm³/mol. The van der Waals surface area contributed by atoms with Gasteiger partial charge in [0.15, 0.2) is 5.57 Å². The number of piperazine rings is 1. The van der Waals surface area contributed by atoms with Crippen LogP contribution in [0.25, 0.3) is 0 Å². The summed E-state index contributed by atoms with van der Waals surface area (Å²) >= 11 is 0. The van der Waals surface area contributed by atoms with Gasteiger partial charge >= 0.3 is 0 Å². The molecule has 0 unspecified atom stereocenters. The van der Waals surface area contributed by atoms with E-state index in [0.717, 1.165) is 13.1 Å². The molecular weight excluding hydrogens is 266 g/mol. The minimum absolute atomic E-state index is 0.0385. The first-order chi connectivity index (χ1) is 10.1. The molecule has 0 atom stereocenters. The van der Waals surface area contributed by atoms with Gasteiger partial charge in [0, 0.05) is 31.9 Å². The summed E-state index contributed by atoms with van der Waals surface area (Å²) < 4.78 is 0. The Morgan fingerprint density at radius 3 is 2.43 bits per heavy atom. The van der Waals surface area contributed by atoms with Crippen molar-refractivity contribution in [3.63, 3.8) is 0 Å². The smallest absolute Gasteiger partial charge is 0.270 e. The second kappa shape index (κ2) is 6.77. The highest BCUT2D eigenvalue weighted by Gasteiger charge is 2.21. The van der Waals surface area contributed by atoms with Gasteiger partial charge in [-0.25, -0.2) is 0 Å². The number of carbonyl (C=O) groups is 1. The lowest BCUT2D eigenvalue weighted by molar-refractivity contribution is -0.112. The third kappa shape index (κ3) is 3.74. The summed E-state index contributed by atoms with van der Waals surface area (Å²) in [6.07, 6.45) is 0. The van der Waals surface area contributed by atoms with Crippen LogP contribution in [0.15, 0.2) is 41.7 Å². The first-order valence-electron chi connectivity index (χ1n) is 6.81. The molecule has 0 saturated carbocycles. The van der Waals surface area contributed by atoms with Crippen molar-refractivity contribution in [2.45, 2.75) is 0 Å². The first kappa shape index (κ1) is 14.9. The Bertz CT molecular complexity index is 567. The van der Waals surface area contributed by atoms with Gasteiger partial charge in [-0.05, 0) is 19.2 Å². The fraction of sp³-hybridized carbons (Fsp3) is 0.333. The molecule has 1 aromatic rings. The van der Waals surface area contributed by atoms with Gasteiger partial charge < -0.3 is 20.9 Å². The number of nitrogens with zero attached hydrogens (tertiary/aromatic N) is 3. The Morgan fingerprint density at radius 2 is 1.86 bits per heavy atom. The maximum Gasteiger partial charge on any atom is 0.270 e. The molecule has 2 rings (SSSR count). The van der Waals surface area contributed by atoms with Crippen molar-refractivity contribution in [3.05, 3.63) is 41.7 Å². The number of amides is 1. The van der Waals surface area contributed by atoms with Gasteiger partial charge in [-0.1, -0.05) is 18.2 Å². The lowest BCUT2D eigenvalue weighted by atomic mass is 10.2. The van der Waals surface area contributed by atoms with E-state index in [4.69, 9.17) is 5.73 Å². The first-order valence-corrected chi connectivity index (χ1v) is 6.81. The summed E-state index contributed by atoms with van der Waals surface area (Å²) in [5.74, 6) is -0.223. The number of rotatable bonds is 3. The molecule has 1 amide bonds. The molecule has 3 N–H and O–H groups in total. The summed E-state index contributed by atoms with van der Waals surface area (Å²) in [5, 5.41) is 11.9. The maximum absolute atomic E-state index is 12.2. The molecule has 0 bridgehead atoms. The zero-order valence-corrected chi connectivity index (χ0v) is 12.0. The largest absolute Gasteiger partial charge is 0.384 e. The fourth-order valence-electron chi connectivity index (χ4n) is 2.14. The quantitative estimate of drug-likeness (QED) is 0.626. The monoisotopic (exact) mass is 285 g/mol. The average Bonchev–Trinajstić information content (AvgIpc) is 2.49. The molecule has 0 aromatic heterocycles. The molecule has 0 aliphatic carbocycles. The van der Waals surface area contributed by atoms with Gasteiger partial charge in [0.1, 0.15) is 11.9 Å². The van der Waals surface area contributed by atoms with E-state index >= 15 is 0 Å².